The molecule has 1 aromatic carbocycles. The summed E-state index contributed by atoms with van der Waals surface area (Å²) in [5, 5.41) is 2.02. The molecule has 1 atom stereocenters. The Bertz CT molecular complexity index is 775. The number of pyridine rings is 1. The van der Waals surface area contributed by atoms with Crippen molar-refractivity contribution in [2.45, 2.75) is 51.6 Å². The van der Waals surface area contributed by atoms with Crippen molar-refractivity contribution < 1.29 is 0 Å². The number of halogens is 1. The van der Waals surface area contributed by atoms with Crippen molar-refractivity contribution in [3.05, 3.63) is 53.8 Å². The third-order valence-electron chi connectivity index (χ3n) is 5.05. The fourth-order valence-corrected chi connectivity index (χ4v) is 8.46. The molecule has 3 nitrogen and oxygen atoms in total. The first-order valence-corrected chi connectivity index (χ1v) is 11.6. The van der Waals surface area contributed by atoms with Gasteiger partial charge in [-0.1, -0.05) is 57.3 Å². The molecule has 1 fully saturated rings. The molecular formula is C21H29ClN3P. The van der Waals surface area contributed by atoms with Gasteiger partial charge >= 0.3 is 0 Å². The van der Waals surface area contributed by atoms with Crippen molar-refractivity contribution in [3.63, 3.8) is 0 Å². The van der Waals surface area contributed by atoms with Crippen molar-refractivity contribution in [3.8, 4) is 0 Å². The highest BCUT2D eigenvalue weighted by molar-refractivity contribution is 7.73. The van der Waals surface area contributed by atoms with Crippen LogP contribution in [0.2, 0.25) is 5.02 Å². The first-order chi connectivity index (χ1) is 12.4. The second kappa shape index (κ2) is 8.25. The maximum absolute atomic E-state index is 6.53. The molecule has 1 saturated heterocycles. The molecule has 1 aliphatic heterocycles. The Labute approximate surface area is 162 Å². The van der Waals surface area contributed by atoms with Crippen molar-refractivity contribution in [2.24, 2.45) is 4.74 Å². The third-order valence-corrected chi connectivity index (χ3v) is 9.99. The Balaban J connectivity index is 2.30. The zero-order chi connectivity index (χ0) is 18.6. The normalized spacial score (nSPS) is 18.8. The van der Waals surface area contributed by atoms with Crippen LogP contribution in [0.3, 0.4) is 0 Å². The molecule has 0 N–H and O–H groups in total. The number of hydrogen-bond acceptors (Lipinski definition) is 2. The van der Waals surface area contributed by atoms with E-state index in [0.29, 0.717) is 0 Å². The largest absolute Gasteiger partial charge is 0.265 e. The number of rotatable bonds is 3. The van der Waals surface area contributed by atoms with Gasteiger partial charge in [0.1, 0.15) is 0 Å². The highest BCUT2D eigenvalue weighted by atomic mass is 35.5. The summed E-state index contributed by atoms with van der Waals surface area (Å²) in [7, 11) is -2.05. The van der Waals surface area contributed by atoms with E-state index in [9.17, 15) is 0 Å². The molecule has 1 aliphatic rings. The molecule has 0 spiro atoms. The smallest absolute Gasteiger partial charge is 0.0819 e. The molecule has 0 bridgehead atoms. The van der Waals surface area contributed by atoms with Crippen LogP contribution in [-0.2, 0) is 0 Å². The SMILES string of the molecule is CC(C)(C)[P@@](=Nc1ccccc1Cl)(c1ccncc1)N1CCCCCC1. The van der Waals surface area contributed by atoms with E-state index in [1.807, 2.05) is 36.7 Å². The van der Waals surface area contributed by atoms with Gasteiger partial charge < -0.3 is 0 Å². The Kier molecular flexibility index (Phi) is 6.22. The topological polar surface area (TPSA) is 28.5 Å². The molecule has 0 unspecified atom stereocenters. The average molecular weight is 390 g/mol. The Morgan fingerprint density at radius 1 is 0.962 bits per heavy atom. The summed E-state index contributed by atoms with van der Waals surface area (Å²) < 4.78 is 8.15. The summed E-state index contributed by atoms with van der Waals surface area (Å²) in [5.41, 5.74) is 0.901. The quantitative estimate of drug-likeness (QED) is 0.562. The maximum Gasteiger partial charge on any atom is 0.0819 e. The molecule has 0 aliphatic carbocycles. The summed E-state index contributed by atoms with van der Waals surface area (Å²) in [5.74, 6) is 0. The minimum Gasteiger partial charge on any atom is -0.265 e. The molecule has 0 radical (unpaired) electrons. The van der Waals surface area contributed by atoms with Crippen LogP contribution >= 0.6 is 18.8 Å². The van der Waals surface area contributed by atoms with Gasteiger partial charge in [0.05, 0.1) is 17.9 Å². The minimum absolute atomic E-state index is 0.00212. The lowest BCUT2D eigenvalue weighted by Crippen LogP contribution is -2.37. The average Bonchev–Trinajstić information content (AvgIpc) is 2.90. The highest BCUT2D eigenvalue weighted by Gasteiger charge is 2.41. The third kappa shape index (κ3) is 3.91. The number of nitrogens with zero attached hydrogens (tertiary/aromatic N) is 3. The molecule has 2 aromatic rings. The van der Waals surface area contributed by atoms with Crippen molar-refractivity contribution in [1.82, 2.24) is 9.65 Å². The van der Waals surface area contributed by atoms with Crippen LogP contribution in [0.5, 0.6) is 0 Å². The molecule has 2 heterocycles. The van der Waals surface area contributed by atoms with Crippen LogP contribution in [0.1, 0.15) is 46.5 Å². The fourth-order valence-electron chi connectivity index (χ4n) is 3.83. The summed E-state index contributed by atoms with van der Waals surface area (Å²) in [6.45, 7) is 9.17. The van der Waals surface area contributed by atoms with Crippen LogP contribution in [0.15, 0.2) is 53.5 Å². The minimum atomic E-state index is -2.05. The molecule has 5 heteroatoms. The number of aromatic nitrogens is 1. The van der Waals surface area contributed by atoms with E-state index < -0.39 is 7.21 Å². The lowest BCUT2D eigenvalue weighted by atomic mass is 10.2. The lowest BCUT2D eigenvalue weighted by Gasteiger charge is -2.45. The van der Waals surface area contributed by atoms with Gasteiger partial charge in [0.2, 0.25) is 0 Å². The van der Waals surface area contributed by atoms with Gasteiger partial charge in [-0.2, -0.15) is 0 Å². The van der Waals surface area contributed by atoms with Crippen LogP contribution < -0.4 is 5.30 Å². The predicted molar refractivity (Wildman–Crippen MR) is 114 cm³/mol. The Morgan fingerprint density at radius 3 is 2.15 bits per heavy atom. The van der Waals surface area contributed by atoms with Gasteiger partial charge in [0.15, 0.2) is 0 Å². The van der Waals surface area contributed by atoms with Gasteiger partial charge in [-0.3, -0.25) is 9.65 Å². The van der Waals surface area contributed by atoms with Crippen molar-refractivity contribution in [1.29, 1.82) is 0 Å². The van der Waals surface area contributed by atoms with Gasteiger partial charge in [-0.15, -0.1) is 0 Å². The van der Waals surface area contributed by atoms with Gasteiger partial charge in [0, 0.05) is 35.9 Å². The van der Waals surface area contributed by atoms with E-state index in [2.05, 4.69) is 42.6 Å². The summed E-state index contributed by atoms with van der Waals surface area (Å²) in [4.78, 5) is 4.26. The molecule has 140 valence electrons. The highest BCUT2D eigenvalue weighted by Crippen LogP contribution is 2.64. The summed E-state index contributed by atoms with van der Waals surface area (Å²) >= 11 is 6.53. The lowest BCUT2D eigenvalue weighted by molar-refractivity contribution is 0.457. The van der Waals surface area contributed by atoms with Crippen LogP contribution in [-0.4, -0.2) is 27.9 Å². The van der Waals surface area contributed by atoms with Crippen LogP contribution in [0, 0.1) is 0 Å². The Hall–Kier alpha value is -1.15. The molecule has 3 rings (SSSR count). The maximum atomic E-state index is 6.53. The predicted octanol–water partition coefficient (Wildman–Crippen LogP) is 6.48. The fraction of sp³-hybridized carbons (Fsp3) is 0.476. The van der Waals surface area contributed by atoms with Crippen molar-refractivity contribution >= 4 is 29.8 Å². The second-order valence-corrected chi connectivity index (χ2v) is 12.1. The summed E-state index contributed by atoms with van der Waals surface area (Å²) in [6, 6.07) is 12.3. The zero-order valence-corrected chi connectivity index (χ0v) is 17.7. The molecular weight excluding hydrogens is 361 g/mol. The second-order valence-electron chi connectivity index (χ2n) is 7.90. The van der Waals surface area contributed by atoms with Gasteiger partial charge in [-0.05, 0) is 37.1 Å². The van der Waals surface area contributed by atoms with E-state index in [1.54, 1.807) is 0 Å². The molecule has 1 aromatic heterocycles. The number of hydrogen-bond donors (Lipinski definition) is 0. The molecule has 26 heavy (non-hydrogen) atoms. The first kappa shape index (κ1) is 19.6. The summed E-state index contributed by atoms with van der Waals surface area (Å²) in [6.07, 6.45) is 8.89. The van der Waals surface area contributed by atoms with Gasteiger partial charge in [-0.25, -0.2) is 4.74 Å². The monoisotopic (exact) mass is 389 g/mol. The molecule has 0 amide bonds. The first-order valence-electron chi connectivity index (χ1n) is 9.48. The zero-order valence-electron chi connectivity index (χ0n) is 16.0. The van der Waals surface area contributed by atoms with E-state index in [1.165, 1.54) is 31.0 Å². The van der Waals surface area contributed by atoms with E-state index in [4.69, 9.17) is 16.3 Å². The van der Waals surface area contributed by atoms with Crippen LogP contribution in [0.25, 0.3) is 0 Å². The standard InChI is InChI=1S/C21H29ClN3P/c1-21(2,3)26(18-12-14-23-15-13-18,25-16-8-4-5-9-17-25)24-20-11-7-6-10-19(20)22/h6-7,10-15H,4-5,8-9,16-17H2,1-3H3/t26-/m1/s1. The van der Waals surface area contributed by atoms with E-state index in [-0.39, 0.29) is 5.16 Å². The number of benzene rings is 1. The Morgan fingerprint density at radius 2 is 1.58 bits per heavy atom. The van der Waals surface area contributed by atoms with E-state index >= 15 is 0 Å². The van der Waals surface area contributed by atoms with Crippen molar-refractivity contribution in [2.75, 3.05) is 13.1 Å². The van der Waals surface area contributed by atoms with Gasteiger partial charge in [0.25, 0.3) is 0 Å². The molecule has 0 saturated carbocycles. The van der Waals surface area contributed by atoms with E-state index in [0.717, 1.165) is 23.8 Å². The van der Waals surface area contributed by atoms with Crippen LogP contribution in [0.4, 0.5) is 5.69 Å².